The molecule has 156 valence electrons. The largest absolute Gasteiger partial charge is 0.496 e. The van der Waals surface area contributed by atoms with Gasteiger partial charge in [-0.25, -0.2) is 4.79 Å². The van der Waals surface area contributed by atoms with Crippen molar-refractivity contribution in [2.75, 3.05) is 39.1 Å². The number of methoxy groups -OCH3 is 1. The van der Waals surface area contributed by atoms with Crippen molar-refractivity contribution in [1.29, 1.82) is 0 Å². The van der Waals surface area contributed by atoms with Gasteiger partial charge in [0.15, 0.2) is 5.96 Å². The van der Waals surface area contributed by atoms with E-state index >= 15 is 0 Å². The van der Waals surface area contributed by atoms with E-state index in [2.05, 4.69) is 23.3 Å². The molecule has 1 atom stereocenters. The Hall–Kier alpha value is -2.09. The molecule has 0 saturated carbocycles. The standard InChI is InChI=1S/C20H32N4O3S/c1-4-27-20(25)24-11-9-16(10-12-24)23-19(21)22-13-15(2)14-28-18-8-6-5-7-17(18)26-3/h5-8,15-16H,4,9-14H2,1-3H3,(H3,21,22,23). The van der Waals surface area contributed by atoms with Crippen LogP contribution in [0, 0.1) is 5.92 Å². The molecule has 1 unspecified atom stereocenters. The third-order valence-corrected chi connectivity index (χ3v) is 5.92. The molecule has 2 rings (SSSR count). The molecule has 1 fully saturated rings. The summed E-state index contributed by atoms with van der Waals surface area (Å²) in [6, 6.07) is 8.27. The molecule has 28 heavy (non-hydrogen) atoms. The lowest BCUT2D eigenvalue weighted by molar-refractivity contribution is 0.0963. The highest BCUT2D eigenvalue weighted by Gasteiger charge is 2.23. The molecule has 3 N–H and O–H groups in total. The van der Waals surface area contributed by atoms with Gasteiger partial charge < -0.3 is 25.4 Å². The summed E-state index contributed by atoms with van der Waals surface area (Å²) in [6.07, 6.45) is 1.45. The van der Waals surface area contributed by atoms with Crippen LogP contribution in [-0.4, -0.2) is 62.1 Å². The number of aliphatic imine (C=N–C) groups is 1. The minimum Gasteiger partial charge on any atom is -0.496 e. The van der Waals surface area contributed by atoms with Gasteiger partial charge in [-0.15, -0.1) is 11.8 Å². The molecule has 0 bridgehead atoms. The second-order valence-corrected chi connectivity index (χ2v) is 7.96. The number of guanidine groups is 1. The fourth-order valence-corrected chi connectivity index (χ4v) is 3.99. The van der Waals surface area contributed by atoms with Crippen LogP contribution < -0.4 is 15.8 Å². The van der Waals surface area contributed by atoms with Crippen molar-refractivity contribution in [2.24, 2.45) is 16.6 Å². The molecule has 0 radical (unpaired) electrons. The lowest BCUT2D eigenvalue weighted by atomic mass is 10.1. The summed E-state index contributed by atoms with van der Waals surface area (Å²) in [5, 5.41) is 3.28. The zero-order valence-corrected chi connectivity index (χ0v) is 17.8. The number of nitrogens with one attached hydrogen (secondary N) is 1. The highest BCUT2D eigenvalue weighted by molar-refractivity contribution is 7.99. The number of para-hydroxylation sites is 1. The van der Waals surface area contributed by atoms with Crippen molar-refractivity contribution in [2.45, 2.75) is 37.6 Å². The fraction of sp³-hybridized carbons (Fsp3) is 0.600. The summed E-state index contributed by atoms with van der Waals surface area (Å²) < 4.78 is 10.4. The summed E-state index contributed by atoms with van der Waals surface area (Å²) in [4.78, 5) is 19.1. The number of benzene rings is 1. The molecular formula is C20H32N4O3S. The number of likely N-dealkylation sites (tertiary alicyclic amines) is 1. The normalized spacial score (nSPS) is 16.5. The van der Waals surface area contributed by atoms with Crippen LogP contribution in [0.2, 0.25) is 0 Å². The Morgan fingerprint density at radius 1 is 1.39 bits per heavy atom. The van der Waals surface area contributed by atoms with Gasteiger partial charge in [-0.1, -0.05) is 19.1 Å². The molecule has 1 amide bonds. The second-order valence-electron chi connectivity index (χ2n) is 6.90. The number of carbonyl (C=O) groups is 1. The number of piperidine rings is 1. The third-order valence-electron chi connectivity index (χ3n) is 4.54. The summed E-state index contributed by atoms with van der Waals surface area (Å²) in [6.45, 7) is 6.41. The van der Waals surface area contributed by atoms with E-state index in [-0.39, 0.29) is 12.1 Å². The van der Waals surface area contributed by atoms with Crippen LogP contribution in [0.4, 0.5) is 4.79 Å². The van der Waals surface area contributed by atoms with Crippen LogP contribution in [0.3, 0.4) is 0 Å². The van der Waals surface area contributed by atoms with Gasteiger partial charge in [0.25, 0.3) is 0 Å². The van der Waals surface area contributed by atoms with Gasteiger partial charge in [-0.2, -0.15) is 0 Å². The number of hydrogen-bond donors (Lipinski definition) is 2. The zero-order chi connectivity index (χ0) is 20.4. The minimum absolute atomic E-state index is 0.232. The fourth-order valence-electron chi connectivity index (χ4n) is 2.95. The summed E-state index contributed by atoms with van der Waals surface area (Å²) >= 11 is 1.77. The minimum atomic E-state index is -0.232. The molecule has 8 heteroatoms. The maximum absolute atomic E-state index is 11.7. The molecule has 7 nitrogen and oxygen atoms in total. The molecule has 1 aromatic carbocycles. The molecule has 0 aromatic heterocycles. The van der Waals surface area contributed by atoms with Crippen LogP contribution in [0.25, 0.3) is 0 Å². The summed E-state index contributed by atoms with van der Waals surface area (Å²) in [5.74, 6) is 2.71. The average Bonchev–Trinajstić information content (AvgIpc) is 2.71. The van der Waals surface area contributed by atoms with Crippen molar-refractivity contribution in [3.8, 4) is 5.75 Å². The Kier molecular flexibility index (Phi) is 9.27. The van der Waals surface area contributed by atoms with Crippen molar-refractivity contribution >= 4 is 23.8 Å². The van der Waals surface area contributed by atoms with E-state index in [1.807, 2.05) is 25.1 Å². The van der Waals surface area contributed by atoms with Gasteiger partial charge in [0.2, 0.25) is 0 Å². The number of ether oxygens (including phenoxy) is 2. The average molecular weight is 409 g/mol. The van der Waals surface area contributed by atoms with Crippen molar-refractivity contribution in [3.05, 3.63) is 24.3 Å². The van der Waals surface area contributed by atoms with E-state index in [0.29, 0.717) is 38.1 Å². The van der Waals surface area contributed by atoms with Gasteiger partial charge >= 0.3 is 6.09 Å². The van der Waals surface area contributed by atoms with E-state index in [9.17, 15) is 4.79 Å². The summed E-state index contributed by atoms with van der Waals surface area (Å²) in [7, 11) is 1.69. The predicted molar refractivity (Wildman–Crippen MR) is 114 cm³/mol. The van der Waals surface area contributed by atoms with Gasteiger partial charge in [0.1, 0.15) is 5.75 Å². The molecule has 0 spiro atoms. The number of rotatable bonds is 8. The first kappa shape index (κ1) is 22.2. The topological polar surface area (TPSA) is 89.2 Å². The summed E-state index contributed by atoms with van der Waals surface area (Å²) in [5.41, 5.74) is 6.05. The number of amides is 1. The molecule has 1 heterocycles. The SMILES string of the molecule is CCOC(=O)N1CCC(NC(N)=NCC(C)CSc2ccccc2OC)CC1. The number of nitrogens with zero attached hydrogens (tertiary/aromatic N) is 2. The van der Waals surface area contributed by atoms with Crippen molar-refractivity contribution in [1.82, 2.24) is 10.2 Å². The van der Waals surface area contributed by atoms with Crippen molar-refractivity contribution < 1.29 is 14.3 Å². The highest BCUT2D eigenvalue weighted by atomic mass is 32.2. The predicted octanol–water partition coefficient (Wildman–Crippen LogP) is 2.95. The van der Waals surface area contributed by atoms with E-state index in [1.165, 1.54) is 0 Å². The van der Waals surface area contributed by atoms with Crippen LogP contribution >= 0.6 is 11.8 Å². The highest BCUT2D eigenvalue weighted by Crippen LogP contribution is 2.30. The van der Waals surface area contributed by atoms with Crippen LogP contribution in [0.15, 0.2) is 34.2 Å². The molecule has 1 aliphatic rings. The van der Waals surface area contributed by atoms with E-state index in [4.69, 9.17) is 15.2 Å². The molecule has 1 aromatic rings. The Balaban J connectivity index is 1.70. The van der Waals surface area contributed by atoms with Crippen LogP contribution in [0.1, 0.15) is 26.7 Å². The van der Waals surface area contributed by atoms with Gasteiger partial charge in [-0.3, -0.25) is 4.99 Å². The maximum Gasteiger partial charge on any atom is 0.409 e. The van der Waals surface area contributed by atoms with Gasteiger partial charge in [-0.05, 0) is 37.8 Å². The monoisotopic (exact) mass is 408 g/mol. The van der Waals surface area contributed by atoms with Crippen molar-refractivity contribution in [3.63, 3.8) is 0 Å². The molecular weight excluding hydrogens is 376 g/mol. The van der Waals surface area contributed by atoms with E-state index in [1.54, 1.807) is 23.8 Å². The first-order valence-corrected chi connectivity index (χ1v) is 10.8. The number of carbonyl (C=O) groups excluding carboxylic acids is 1. The smallest absolute Gasteiger partial charge is 0.409 e. The second kappa shape index (κ2) is 11.7. The third kappa shape index (κ3) is 7.14. The number of hydrogen-bond acceptors (Lipinski definition) is 5. The maximum atomic E-state index is 11.7. The lowest BCUT2D eigenvalue weighted by Crippen LogP contribution is -2.48. The quantitative estimate of drug-likeness (QED) is 0.391. The Labute approximate surface area is 172 Å². The van der Waals surface area contributed by atoms with Crippen LogP contribution in [0.5, 0.6) is 5.75 Å². The molecule has 1 saturated heterocycles. The number of nitrogens with two attached hydrogens (primary N) is 1. The van der Waals surface area contributed by atoms with Gasteiger partial charge in [0, 0.05) is 36.3 Å². The van der Waals surface area contributed by atoms with E-state index in [0.717, 1.165) is 29.2 Å². The van der Waals surface area contributed by atoms with E-state index < -0.39 is 0 Å². The first-order valence-electron chi connectivity index (χ1n) is 9.77. The Morgan fingerprint density at radius 3 is 2.79 bits per heavy atom. The van der Waals surface area contributed by atoms with Crippen LogP contribution in [-0.2, 0) is 4.74 Å². The Morgan fingerprint density at radius 2 is 2.11 bits per heavy atom. The zero-order valence-electron chi connectivity index (χ0n) is 17.0. The van der Waals surface area contributed by atoms with Gasteiger partial charge in [0.05, 0.1) is 13.7 Å². The lowest BCUT2D eigenvalue weighted by Gasteiger charge is -2.31. The Bertz CT molecular complexity index is 648. The first-order chi connectivity index (χ1) is 13.5. The molecule has 1 aliphatic heterocycles. The number of thioether (sulfide) groups is 1. The molecule has 0 aliphatic carbocycles.